The number of hydrogen-bond acceptors (Lipinski definition) is 2. The summed E-state index contributed by atoms with van der Waals surface area (Å²) in [6.07, 6.45) is 0. The van der Waals surface area contributed by atoms with E-state index in [9.17, 15) is 0 Å². The van der Waals surface area contributed by atoms with Gasteiger partial charge in [0, 0.05) is 49.4 Å². The van der Waals surface area contributed by atoms with Crippen LogP contribution in [-0.2, 0) is 43.3 Å². The van der Waals surface area contributed by atoms with Crippen LogP contribution in [0.4, 0.5) is 0 Å². The van der Waals surface area contributed by atoms with E-state index in [1.165, 1.54) is 138 Å². The first kappa shape index (κ1) is 62.4. The van der Waals surface area contributed by atoms with Gasteiger partial charge in [-0.1, -0.05) is 287 Å². The lowest BCUT2D eigenvalue weighted by atomic mass is 9.34. The fourth-order valence-electron chi connectivity index (χ4n) is 15.3. The van der Waals surface area contributed by atoms with E-state index in [2.05, 4.69) is 327 Å². The molecule has 0 aliphatic carbocycles. The Bertz CT molecular complexity index is 4810. The number of benzene rings is 9. The van der Waals surface area contributed by atoms with Crippen LogP contribution in [0.1, 0.15) is 211 Å². The van der Waals surface area contributed by atoms with Gasteiger partial charge in [0.2, 0.25) is 0 Å². The van der Waals surface area contributed by atoms with E-state index in [4.69, 9.17) is 9.97 Å². The molecule has 0 N–H and O–H groups in total. The molecule has 0 bridgehead atoms. The molecule has 2 aliphatic heterocycles. The Morgan fingerprint density at radius 1 is 0.312 bits per heavy atom. The molecule has 3 aromatic heterocycles. The average molecular weight is 1220 g/mol. The van der Waals surface area contributed by atoms with Crippen molar-refractivity contribution in [1.82, 2.24) is 19.1 Å². The molecule has 0 saturated heterocycles. The molecule has 0 fully saturated rings. The van der Waals surface area contributed by atoms with E-state index < -0.39 is 0 Å². The van der Waals surface area contributed by atoms with Crippen LogP contribution in [0.15, 0.2) is 152 Å². The van der Waals surface area contributed by atoms with Gasteiger partial charge in [0.1, 0.15) is 0 Å². The lowest BCUT2D eigenvalue weighted by Gasteiger charge is -2.35. The van der Waals surface area contributed by atoms with Gasteiger partial charge in [0.05, 0.1) is 33.3 Å². The third-order valence-electron chi connectivity index (χ3n) is 20.8. The summed E-state index contributed by atoms with van der Waals surface area (Å²) in [5, 5.41) is 6.35. The maximum Gasteiger partial charge on any atom is 0.252 e. The maximum atomic E-state index is 5.76. The van der Waals surface area contributed by atoms with Crippen LogP contribution in [0.5, 0.6) is 0 Å². The van der Waals surface area contributed by atoms with E-state index in [-0.39, 0.29) is 50.0 Å². The largest absolute Gasteiger partial charge is 0.310 e. The monoisotopic (exact) mass is 1220 g/mol. The molecular formula is C88H97BN4. The maximum absolute atomic E-state index is 5.76. The van der Waals surface area contributed by atoms with Crippen LogP contribution in [0.2, 0.25) is 0 Å². The Balaban J connectivity index is 1.25. The highest BCUT2D eigenvalue weighted by Gasteiger charge is 2.44. The molecule has 14 rings (SSSR count). The molecule has 4 nitrogen and oxygen atoms in total. The first-order chi connectivity index (χ1) is 43.2. The van der Waals surface area contributed by atoms with Gasteiger partial charge in [0.25, 0.3) is 6.71 Å². The van der Waals surface area contributed by atoms with E-state index in [0.29, 0.717) is 0 Å². The lowest BCUT2D eigenvalue weighted by Crippen LogP contribution is -2.59. The van der Waals surface area contributed by atoms with Gasteiger partial charge >= 0.3 is 0 Å². The van der Waals surface area contributed by atoms with E-state index in [1.54, 1.807) is 0 Å². The van der Waals surface area contributed by atoms with Crippen molar-refractivity contribution in [2.75, 3.05) is 0 Å². The molecule has 12 aromatic rings. The summed E-state index contributed by atoms with van der Waals surface area (Å²) >= 11 is 0. The Hall–Kier alpha value is -8.02. The summed E-state index contributed by atoms with van der Waals surface area (Å²) in [6.45, 7) is 57.2. The highest BCUT2D eigenvalue weighted by atomic mass is 15.0. The van der Waals surface area contributed by atoms with Crippen molar-refractivity contribution in [3.8, 4) is 56.3 Å². The van der Waals surface area contributed by atoms with Crippen molar-refractivity contribution < 1.29 is 0 Å². The van der Waals surface area contributed by atoms with Gasteiger partial charge in [-0.25, -0.2) is 9.97 Å². The highest BCUT2D eigenvalue weighted by molar-refractivity contribution is 7.00. The van der Waals surface area contributed by atoms with Gasteiger partial charge in [-0.15, -0.1) is 0 Å². The summed E-state index contributed by atoms with van der Waals surface area (Å²) in [4.78, 5) is 11.1. The van der Waals surface area contributed by atoms with Crippen LogP contribution < -0.4 is 16.4 Å². The Kier molecular flexibility index (Phi) is 13.6. The molecule has 0 amide bonds. The Morgan fingerprint density at radius 3 is 1.08 bits per heavy atom. The number of hydrogen-bond donors (Lipinski definition) is 0. The van der Waals surface area contributed by atoms with E-state index >= 15 is 0 Å². The zero-order valence-corrected chi connectivity index (χ0v) is 60.3. The molecule has 0 atom stereocenters. The summed E-state index contributed by atoms with van der Waals surface area (Å²) in [5.74, 6) is 0.717. The number of aromatic nitrogens is 4. The number of nitrogens with zero attached hydrogens (tertiary/aromatic N) is 4. The van der Waals surface area contributed by atoms with Crippen molar-refractivity contribution in [3.05, 3.63) is 196 Å². The van der Waals surface area contributed by atoms with Crippen molar-refractivity contribution in [1.29, 1.82) is 0 Å². The lowest BCUT2D eigenvalue weighted by molar-refractivity contribution is 0.568. The minimum absolute atomic E-state index is 0.0784. The van der Waals surface area contributed by atoms with E-state index in [1.807, 2.05) is 0 Å². The first-order valence-electron chi connectivity index (χ1n) is 34.3. The Morgan fingerprint density at radius 2 is 0.688 bits per heavy atom. The predicted octanol–water partition coefficient (Wildman–Crippen LogP) is 22.0. The van der Waals surface area contributed by atoms with Gasteiger partial charge < -0.3 is 9.13 Å². The molecule has 5 heteroatoms. The standard InChI is InChI=1S/C88H97BN4/c1-81(2,3)54-38-51(39-55(44-54)82(4,5)6)60-34-36-65-78-72(60)74-63(87(19,20)21)46-58(85(13,14)15)48-68(74)92(78)70-42-53(77-62-32-28-29-33-67(62)90-80(91-77)50-30-26-25-27-31-50)43-71-76(70)89(65)66-37-35-61(52-40-56(83(7,8)9)45-57(41-52)84(10,11)12)73-75-64(88(22,23)24)47-59(86(16,17)18)49-69(75)93(71)79(66)73/h25-49H,1-24H3. The zero-order valence-electron chi connectivity index (χ0n) is 60.3. The van der Waals surface area contributed by atoms with Crippen molar-refractivity contribution in [2.24, 2.45) is 0 Å². The van der Waals surface area contributed by atoms with Crippen molar-refractivity contribution >= 4 is 77.6 Å². The number of rotatable bonds is 4. The van der Waals surface area contributed by atoms with Crippen LogP contribution in [-0.4, -0.2) is 25.8 Å². The quantitative estimate of drug-likeness (QED) is 0.165. The average Bonchev–Trinajstić information content (AvgIpc) is 1.50. The smallest absolute Gasteiger partial charge is 0.252 e. The van der Waals surface area contributed by atoms with Gasteiger partial charge in [0.15, 0.2) is 5.82 Å². The minimum atomic E-state index is -0.216. The zero-order chi connectivity index (χ0) is 66.7. The second-order valence-corrected chi connectivity index (χ2v) is 36.1. The number of fused-ring (bicyclic) bond motifs is 11. The van der Waals surface area contributed by atoms with Crippen LogP contribution in [0, 0.1) is 0 Å². The molecule has 93 heavy (non-hydrogen) atoms. The van der Waals surface area contributed by atoms with Gasteiger partial charge in [-0.3, -0.25) is 0 Å². The normalized spacial score (nSPS) is 14.0. The molecule has 2 aliphatic rings. The summed E-state index contributed by atoms with van der Waals surface area (Å²) in [7, 11) is 0. The van der Waals surface area contributed by atoms with Crippen LogP contribution in [0.3, 0.4) is 0 Å². The van der Waals surface area contributed by atoms with Crippen LogP contribution in [0.25, 0.3) is 111 Å². The Labute approximate surface area is 555 Å². The second kappa shape index (κ2) is 20.3. The fourth-order valence-corrected chi connectivity index (χ4v) is 15.3. The minimum Gasteiger partial charge on any atom is -0.310 e. The molecule has 0 unspecified atom stereocenters. The number of para-hydroxylation sites is 1. The topological polar surface area (TPSA) is 35.6 Å². The third kappa shape index (κ3) is 10.1. The summed E-state index contributed by atoms with van der Waals surface area (Å²) in [6, 6.07) is 59.8. The molecule has 0 radical (unpaired) electrons. The molecule has 0 spiro atoms. The summed E-state index contributed by atoms with van der Waals surface area (Å²) < 4.78 is 5.50. The molecular weight excluding hydrogens is 1120 g/mol. The SMILES string of the molecule is CC(C)(C)c1cc(-c2ccc3c4c2c2c(C(C)(C)C)cc(C(C)(C)C)cc2n4-c2cc(-c4nc(-c5ccccc5)nc5ccccc45)cc4c2B3c2ccc(-c3cc(C(C)(C)C)cc(C(C)(C)C)c3)c3c5c(C(C)(C)C)cc(C(C)(C)C)cc5n-4c23)cc(C(C)(C)C)c1. The van der Waals surface area contributed by atoms with Gasteiger partial charge in [-0.2, -0.15) is 0 Å². The molecule has 472 valence electrons. The van der Waals surface area contributed by atoms with Crippen LogP contribution >= 0.6 is 0 Å². The third-order valence-corrected chi connectivity index (χ3v) is 20.8. The van der Waals surface area contributed by atoms with Crippen molar-refractivity contribution in [3.63, 3.8) is 0 Å². The van der Waals surface area contributed by atoms with E-state index in [0.717, 1.165) is 33.5 Å². The first-order valence-corrected chi connectivity index (χ1v) is 34.3. The fraction of sp³-hybridized carbons (Fsp3) is 0.364. The van der Waals surface area contributed by atoms with Crippen molar-refractivity contribution in [2.45, 2.75) is 209 Å². The molecule has 0 saturated carbocycles. The summed E-state index contributed by atoms with van der Waals surface area (Å²) in [5.41, 5.74) is 30.3. The molecule has 9 aromatic carbocycles. The highest BCUT2D eigenvalue weighted by Crippen LogP contribution is 2.52. The van der Waals surface area contributed by atoms with Gasteiger partial charge in [-0.05, 0) is 157 Å². The molecule has 5 heterocycles. The predicted molar refractivity (Wildman–Crippen MR) is 404 cm³/mol. The second-order valence-electron chi connectivity index (χ2n) is 36.1.